The molecule has 1 saturated heterocycles. The van der Waals surface area contributed by atoms with Gasteiger partial charge in [0.2, 0.25) is 0 Å². The Bertz CT molecular complexity index is 1110. The number of alkyl halides is 2. The van der Waals surface area contributed by atoms with E-state index in [4.69, 9.17) is 11.6 Å². The molecule has 0 atom stereocenters. The zero-order chi connectivity index (χ0) is 22.9. The van der Waals surface area contributed by atoms with E-state index in [-0.39, 0.29) is 28.1 Å². The third-order valence-electron chi connectivity index (χ3n) is 5.92. The van der Waals surface area contributed by atoms with Crippen LogP contribution in [0.4, 0.5) is 14.5 Å². The van der Waals surface area contributed by atoms with E-state index in [1.807, 2.05) is 12.1 Å². The van der Waals surface area contributed by atoms with E-state index in [0.29, 0.717) is 44.6 Å². The first kappa shape index (κ1) is 22.9. The number of rotatable bonds is 6. The summed E-state index contributed by atoms with van der Waals surface area (Å²) >= 11 is 6.24. The van der Waals surface area contributed by atoms with Crippen LogP contribution in [0.1, 0.15) is 28.8 Å². The molecule has 2 aromatic rings. The minimum Gasteiger partial charge on any atom is -0.349 e. The highest BCUT2D eigenvalue weighted by molar-refractivity contribution is 7.93. The first-order chi connectivity index (χ1) is 15.3. The minimum absolute atomic E-state index is 0.0474. The van der Waals surface area contributed by atoms with Crippen LogP contribution in [-0.2, 0) is 16.4 Å². The summed E-state index contributed by atoms with van der Waals surface area (Å²) in [6, 6.07) is 11.3. The highest BCUT2D eigenvalue weighted by Crippen LogP contribution is 2.35. The standard InChI is InChI=1S/C22H24ClF2N3O3S/c23-18-6-5-16(22(29)26-17-8-10-27(11-9-17)14-21(24)25)13-20(18)32(30,31)28-12-7-15-3-1-2-4-19(15)28/h1-6,13,17,21H,7-12,14H2,(H,26,29). The van der Waals surface area contributed by atoms with Gasteiger partial charge < -0.3 is 5.32 Å². The Balaban J connectivity index is 1.49. The monoisotopic (exact) mass is 483 g/mol. The molecule has 0 aliphatic carbocycles. The average molecular weight is 484 g/mol. The third-order valence-corrected chi connectivity index (χ3v) is 8.22. The number of nitrogens with zero attached hydrogens (tertiary/aromatic N) is 2. The van der Waals surface area contributed by atoms with E-state index in [0.717, 1.165) is 5.56 Å². The Hall–Kier alpha value is -2.23. The van der Waals surface area contributed by atoms with Crippen LogP contribution in [0.5, 0.6) is 0 Å². The van der Waals surface area contributed by atoms with E-state index in [1.165, 1.54) is 22.5 Å². The summed E-state index contributed by atoms with van der Waals surface area (Å²) in [6.45, 7) is 0.998. The Morgan fingerprint density at radius 1 is 1.12 bits per heavy atom. The van der Waals surface area contributed by atoms with Crippen LogP contribution in [-0.4, -0.2) is 57.9 Å². The zero-order valence-electron chi connectivity index (χ0n) is 17.3. The molecule has 2 aliphatic rings. The molecular formula is C22H24ClF2N3O3S. The van der Waals surface area contributed by atoms with Crippen LogP contribution in [0, 0.1) is 0 Å². The van der Waals surface area contributed by atoms with Crippen LogP contribution in [0.2, 0.25) is 5.02 Å². The third kappa shape index (κ3) is 4.74. The van der Waals surface area contributed by atoms with Crippen molar-refractivity contribution in [2.45, 2.75) is 36.6 Å². The summed E-state index contributed by atoms with van der Waals surface area (Å²) in [5.74, 6) is -0.410. The summed E-state index contributed by atoms with van der Waals surface area (Å²) in [6.07, 6.45) is -0.654. The SMILES string of the molecule is O=C(NC1CCN(CC(F)F)CC1)c1ccc(Cl)c(S(=O)(=O)N2CCc3ccccc32)c1. The molecule has 32 heavy (non-hydrogen) atoms. The molecule has 4 rings (SSSR count). The van der Waals surface area contributed by atoms with Crippen LogP contribution in [0.15, 0.2) is 47.4 Å². The maximum absolute atomic E-state index is 13.4. The summed E-state index contributed by atoms with van der Waals surface area (Å²) < 4.78 is 53.1. The number of anilines is 1. The predicted octanol–water partition coefficient (Wildman–Crippen LogP) is 3.55. The number of halogens is 3. The molecule has 6 nitrogen and oxygen atoms in total. The Labute approximate surface area is 191 Å². The lowest BCUT2D eigenvalue weighted by Crippen LogP contribution is -2.45. The van der Waals surface area contributed by atoms with Crippen molar-refractivity contribution >= 4 is 33.2 Å². The van der Waals surface area contributed by atoms with Gasteiger partial charge in [-0.2, -0.15) is 0 Å². The molecule has 172 valence electrons. The summed E-state index contributed by atoms with van der Waals surface area (Å²) in [5.41, 5.74) is 1.75. The Kier molecular flexibility index (Phi) is 6.69. The summed E-state index contributed by atoms with van der Waals surface area (Å²) in [7, 11) is -3.95. The van der Waals surface area contributed by atoms with Crippen molar-refractivity contribution in [3.8, 4) is 0 Å². The number of hydrogen-bond acceptors (Lipinski definition) is 4. The molecule has 0 aromatic heterocycles. The second-order valence-electron chi connectivity index (χ2n) is 8.04. The number of likely N-dealkylation sites (tertiary alicyclic amines) is 1. The van der Waals surface area contributed by atoms with Crippen LogP contribution in [0.3, 0.4) is 0 Å². The molecule has 10 heteroatoms. The van der Waals surface area contributed by atoms with E-state index in [1.54, 1.807) is 17.0 Å². The molecule has 1 amide bonds. The number of fused-ring (bicyclic) bond motifs is 1. The number of nitrogens with one attached hydrogen (secondary N) is 1. The fourth-order valence-electron chi connectivity index (χ4n) is 4.24. The first-order valence-corrected chi connectivity index (χ1v) is 12.3. The van der Waals surface area contributed by atoms with Crippen molar-refractivity contribution in [1.82, 2.24) is 10.2 Å². The largest absolute Gasteiger partial charge is 0.349 e. The maximum Gasteiger partial charge on any atom is 0.265 e. The van der Waals surface area contributed by atoms with Crippen LogP contribution >= 0.6 is 11.6 Å². The summed E-state index contributed by atoms with van der Waals surface area (Å²) in [4.78, 5) is 14.3. The smallest absolute Gasteiger partial charge is 0.265 e. The number of benzene rings is 2. The van der Waals surface area contributed by atoms with Crippen LogP contribution < -0.4 is 9.62 Å². The molecule has 1 N–H and O–H groups in total. The summed E-state index contributed by atoms with van der Waals surface area (Å²) in [5, 5.41) is 2.94. The van der Waals surface area contributed by atoms with Crippen molar-refractivity contribution in [2.24, 2.45) is 0 Å². The second-order valence-corrected chi connectivity index (χ2v) is 10.3. The molecule has 0 saturated carbocycles. The van der Waals surface area contributed by atoms with Gasteiger partial charge in [0.25, 0.3) is 22.4 Å². The molecule has 1 fully saturated rings. The molecule has 0 spiro atoms. The number of carbonyl (C=O) groups excluding carboxylic acids is 1. The van der Waals surface area contributed by atoms with E-state index in [2.05, 4.69) is 5.32 Å². The minimum atomic E-state index is -3.95. The Morgan fingerprint density at radius 3 is 2.56 bits per heavy atom. The topological polar surface area (TPSA) is 69.7 Å². The Morgan fingerprint density at radius 2 is 1.84 bits per heavy atom. The van der Waals surface area contributed by atoms with Crippen molar-refractivity contribution in [1.29, 1.82) is 0 Å². The lowest BCUT2D eigenvalue weighted by Gasteiger charge is -2.32. The molecule has 2 aromatic carbocycles. The lowest BCUT2D eigenvalue weighted by atomic mass is 10.0. The average Bonchev–Trinajstić information content (AvgIpc) is 3.20. The molecule has 0 radical (unpaired) electrons. The van der Waals surface area contributed by atoms with Crippen molar-refractivity contribution in [3.05, 3.63) is 58.6 Å². The molecule has 2 aliphatic heterocycles. The van der Waals surface area contributed by atoms with E-state index in [9.17, 15) is 22.0 Å². The molecular weight excluding hydrogens is 460 g/mol. The number of hydrogen-bond donors (Lipinski definition) is 1. The number of amides is 1. The van der Waals surface area contributed by atoms with Gasteiger partial charge in [-0.1, -0.05) is 29.8 Å². The first-order valence-electron chi connectivity index (χ1n) is 10.5. The highest BCUT2D eigenvalue weighted by atomic mass is 35.5. The normalized spacial score (nSPS) is 17.6. The van der Waals surface area contributed by atoms with Crippen molar-refractivity contribution < 1.29 is 22.0 Å². The predicted molar refractivity (Wildman–Crippen MR) is 119 cm³/mol. The lowest BCUT2D eigenvalue weighted by molar-refractivity contribution is 0.0696. The van der Waals surface area contributed by atoms with Gasteiger partial charge in [0.05, 0.1) is 17.3 Å². The van der Waals surface area contributed by atoms with Gasteiger partial charge in [-0.25, -0.2) is 17.2 Å². The fraction of sp³-hybridized carbons (Fsp3) is 0.409. The van der Waals surface area contributed by atoms with Gasteiger partial charge >= 0.3 is 0 Å². The van der Waals surface area contributed by atoms with Gasteiger partial charge in [-0.3, -0.25) is 14.0 Å². The fourth-order valence-corrected chi connectivity index (χ4v) is 6.25. The van der Waals surface area contributed by atoms with E-state index < -0.39 is 22.4 Å². The maximum atomic E-state index is 13.4. The zero-order valence-corrected chi connectivity index (χ0v) is 18.9. The van der Waals surface area contributed by atoms with Crippen molar-refractivity contribution in [2.75, 3.05) is 30.5 Å². The van der Waals surface area contributed by atoms with Gasteiger partial charge in [-0.15, -0.1) is 0 Å². The second kappa shape index (κ2) is 9.33. The van der Waals surface area contributed by atoms with Crippen molar-refractivity contribution in [3.63, 3.8) is 0 Å². The number of carbonyl (C=O) groups is 1. The number of para-hydroxylation sites is 1. The van der Waals surface area contributed by atoms with Gasteiger partial charge in [0.1, 0.15) is 4.90 Å². The number of piperidine rings is 1. The van der Waals surface area contributed by atoms with Gasteiger partial charge in [-0.05, 0) is 49.1 Å². The van der Waals surface area contributed by atoms with Crippen LogP contribution in [0.25, 0.3) is 0 Å². The molecule has 0 bridgehead atoms. The van der Waals surface area contributed by atoms with E-state index >= 15 is 0 Å². The van der Waals surface area contributed by atoms with Gasteiger partial charge in [0, 0.05) is 31.2 Å². The number of sulfonamides is 1. The highest BCUT2D eigenvalue weighted by Gasteiger charge is 2.33. The van der Waals surface area contributed by atoms with Gasteiger partial charge in [0.15, 0.2) is 0 Å². The molecule has 2 heterocycles. The molecule has 0 unspecified atom stereocenters. The quantitative estimate of drug-likeness (QED) is 0.682.